The number of para-hydroxylation sites is 1. The van der Waals surface area contributed by atoms with Crippen LogP contribution in [0.4, 0.5) is 5.69 Å². The molecule has 0 atom stereocenters. The molecule has 1 heterocycles. The van der Waals surface area contributed by atoms with Crippen LogP contribution in [0.5, 0.6) is 0 Å². The van der Waals surface area contributed by atoms with Gasteiger partial charge in [0.15, 0.2) is 0 Å². The number of benzene rings is 2. The average Bonchev–Trinajstić information content (AvgIpc) is 3.30. The van der Waals surface area contributed by atoms with Crippen molar-refractivity contribution in [1.29, 1.82) is 0 Å². The molecule has 0 fully saturated rings. The smallest absolute Gasteiger partial charge is 0.337 e. The molecule has 0 saturated carbocycles. The Morgan fingerprint density at radius 3 is 2.37 bits per heavy atom. The van der Waals surface area contributed by atoms with E-state index >= 15 is 0 Å². The van der Waals surface area contributed by atoms with Gasteiger partial charge >= 0.3 is 5.97 Å². The summed E-state index contributed by atoms with van der Waals surface area (Å²) in [6.07, 6.45) is 1.72. The highest BCUT2D eigenvalue weighted by atomic mass is 28.3. The van der Waals surface area contributed by atoms with Gasteiger partial charge in [0, 0.05) is 32.5 Å². The van der Waals surface area contributed by atoms with Gasteiger partial charge < -0.3 is 19.4 Å². The molecule has 0 unspecified atom stereocenters. The minimum atomic E-state index is -1.30. The molecule has 202 valence electrons. The van der Waals surface area contributed by atoms with Crippen molar-refractivity contribution >= 4 is 25.6 Å². The lowest BCUT2D eigenvalue weighted by Gasteiger charge is -2.26. The number of carbonyl (C=O) groups is 2. The largest absolute Gasteiger partial charge is 0.465 e. The van der Waals surface area contributed by atoms with E-state index in [0.29, 0.717) is 29.0 Å². The normalized spacial score (nSPS) is 11.7. The Labute approximate surface area is 223 Å². The number of nitro benzene ring substituents is 1. The molecule has 38 heavy (non-hydrogen) atoms. The highest BCUT2D eigenvalue weighted by molar-refractivity contribution is 6.76. The number of amides is 1. The molecule has 0 spiro atoms. The van der Waals surface area contributed by atoms with Crippen molar-refractivity contribution in [3.05, 3.63) is 81.8 Å². The van der Waals surface area contributed by atoms with Gasteiger partial charge in [0.05, 0.1) is 34.4 Å². The molecule has 1 aromatic heterocycles. The SMILES string of the molecule is COC(=O)c1ccc(-c2cn(COCC[Si](C)(C)C)c(C(=O)NC(C)(C)c3ccccc3[N+](=O)[O-])n2)cc1. The number of esters is 1. The predicted molar refractivity (Wildman–Crippen MR) is 147 cm³/mol. The highest BCUT2D eigenvalue weighted by Crippen LogP contribution is 2.30. The molecular formula is C27H34N4O6Si. The van der Waals surface area contributed by atoms with Crippen LogP contribution in [0.15, 0.2) is 54.7 Å². The lowest BCUT2D eigenvalue weighted by atomic mass is 9.92. The van der Waals surface area contributed by atoms with Crippen LogP contribution < -0.4 is 5.32 Å². The Kier molecular flexibility index (Phi) is 8.84. The predicted octanol–water partition coefficient (Wildman–Crippen LogP) is 5.22. The summed E-state index contributed by atoms with van der Waals surface area (Å²) in [5.74, 6) is -0.841. The fourth-order valence-electron chi connectivity index (χ4n) is 3.84. The van der Waals surface area contributed by atoms with Crippen LogP contribution in [0, 0.1) is 10.1 Å². The molecule has 11 heteroatoms. The molecule has 2 aromatic carbocycles. The van der Waals surface area contributed by atoms with Crippen molar-refractivity contribution in [3.8, 4) is 11.3 Å². The number of nitrogens with zero attached hydrogens (tertiary/aromatic N) is 3. The minimum Gasteiger partial charge on any atom is -0.465 e. The summed E-state index contributed by atoms with van der Waals surface area (Å²) in [5, 5.41) is 14.5. The maximum atomic E-state index is 13.5. The lowest BCUT2D eigenvalue weighted by molar-refractivity contribution is -0.386. The van der Waals surface area contributed by atoms with Gasteiger partial charge in [0.2, 0.25) is 5.82 Å². The molecule has 1 amide bonds. The molecule has 0 aliphatic rings. The van der Waals surface area contributed by atoms with Gasteiger partial charge in [-0.2, -0.15) is 0 Å². The quantitative estimate of drug-likeness (QED) is 0.117. The molecule has 1 N–H and O–H groups in total. The number of ether oxygens (including phenoxy) is 2. The summed E-state index contributed by atoms with van der Waals surface area (Å²) >= 11 is 0. The van der Waals surface area contributed by atoms with Crippen LogP contribution in [0.3, 0.4) is 0 Å². The number of aromatic nitrogens is 2. The summed E-state index contributed by atoms with van der Waals surface area (Å²) in [6.45, 7) is 10.9. The average molecular weight is 539 g/mol. The summed E-state index contributed by atoms with van der Waals surface area (Å²) in [7, 11) is 0.0138. The first-order valence-electron chi connectivity index (χ1n) is 12.2. The number of hydrogen-bond donors (Lipinski definition) is 1. The van der Waals surface area contributed by atoms with E-state index in [4.69, 9.17) is 9.47 Å². The van der Waals surface area contributed by atoms with Crippen molar-refractivity contribution < 1.29 is 24.0 Å². The third kappa shape index (κ3) is 7.14. The van der Waals surface area contributed by atoms with Crippen LogP contribution in [0.1, 0.15) is 40.4 Å². The summed E-state index contributed by atoms with van der Waals surface area (Å²) in [4.78, 5) is 40.9. The standard InChI is InChI=1S/C27H34N4O6Si/c1-27(2,21-9-7-8-10-23(21)31(34)35)29-25(32)24-28-22(17-30(24)18-37-15-16-38(4,5)6)19-11-13-20(14-12-19)26(33)36-3/h7-14,17H,15-16,18H2,1-6H3,(H,29,32). The van der Waals surface area contributed by atoms with E-state index in [1.54, 1.807) is 67.1 Å². The van der Waals surface area contributed by atoms with E-state index in [1.807, 2.05) is 0 Å². The van der Waals surface area contributed by atoms with Crippen LogP contribution in [-0.4, -0.2) is 48.1 Å². The van der Waals surface area contributed by atoms with Crippen LogP contribution in [0.2, 0.25) is 25.7 Å². The van der Waals surface area contributed by atoms with Crippen molar-refractivity contribution in [2.45, 2.75) is 51.8 Å². The molecule has 0 aliphatic heterocycles. The molecular weight excluding hydrogens is 504 g/mol. The first kappa shape index (κ1) is 28.7. The van der Waals surface area contributed by atoms with Crippen molar-refractivity contribution in [2.24, 2.45) is 0 Å². The molecule has 10 nitrogen and oxygen atoms in total. The number of methoxy groups -OCH3 is 1. The Morgan fingerprint density at radius 1 is 1.11 bits per heavy atom. The number of nitro groups is 1. The number of rotatable bonds is 11. The molecule has 3 aromatic rings. The molecule has 0 saturated heterocycles. The van der Waals surface area contributed by atoms with E-state index in [9.17, 15) is 19.7 Å². The lowest BCUT2D eigenvalue weighted by Crippen LogP contribution is -2.42. The highest BCUT2D eigenvalue weighted by Gasteiger charge is 2.32. The summed E-state index contributed by atoms with van der Waals surface area (Å²) in [5.41, 5.74) is 0.853. The van der Waals surface area contributed by atoms with Crippen LogP contribution in [0.25, 0.3) is 11.3 Å². The fourth-order valence-corrected chi connectivity index (χ4v) is 4.60. The van der Waals surface area contributed by atoms with Gasteiger partial charge in [0.1, 0.15) is 6.73 Å². The summed E-state index contributed by atoms with van der Waals surface area (Å²) in [6, 6.07) is 14.0. The Bertz CT molecular complexity index is 1310. The Balaban J connectivity index is 1.91. The van der Waals surface area contributed by atoms with Crippen LogP contribution >= 0.6 is 0 Å². The maximum absolute atomic E-state index is 13.5. The maximum Gasteiger partial charge on any atom is 0.337 e. The first-order chi connectivity index (χ1) is 17.8. The van der Waals surface area contributed by atoms with Crippen LogP contribution in [-0.2, 0) is 21.7 Å². The van der Waals surface area contributed by atoms with E-state index < -0.39 is 30.4 Å². The zero-order valence-electron chi connectivity index (χ0n) is 22.6. The van der Waals surface area contributed by atoms with E-state index in [-0.39, 0.29) is 18.2 Å². The third-order valence-corrected chi connectivity index (χ3v) is 7.71. The van der Waals surface area contributed by atoms with E-state index in [1.165, 1.54) is 13.2 Å². The van der Waals surface area contributed by atoms with E-state index in [2.05, 4.69) is 29.9 Å². The van der Waals surface area contributed by atoms with Gasteiger partial charge in [-0.05, 0) is 38.1 Å². The second-order valence-corrected chi connectivity index (χ2v) is 16.3. The Hall–Kier alpha value is -3.83. The zero-order valence-corrected chi connectivity index (χ0v) is 23.6. The van der Waals surface area contributed by atoms with Gasteiger partial charge in [-0.1, -0.05) is 43.9 Å². The number of hydrogen-bond acceptors (Lipinski definition) is 7. The van der Waals surface area contributed by atoms with Gasteiger partial charge in [0.25, 0.3) is 11.6 Å². The van der Waals surface area contributed by atoms with Crippen molar-refractivity contribution in [2.75, 3.05) is 13.7 Å². The Morgan fingerprint density at radius 2 is 1.76 bits per heavy atom. The van der Waals surface area contributed by atoms with Gasteiger partial charge in [-0.25, -0.2) is 9.78 Å². The first-order valence-corrected chi connectivity index (χ1v) is 15.9. The van der Waals surface area contributed by atoms with E-state index in [0.717, 1.165) is 6.04 Å². The molecule has 0 aliphatic carbocycles. The van der Waals surface area contributed by atoms with Crippen molar-refractivity contribution in [1.82, 2.24) is 14.9 Å². The summed E-state index contributed by atoms with van der Waals surface area (Å²) < 4.78 is 12.3. The zero-order chi connectivity index (χ0) is 28.1. The second-order valence-electron chi connectivity index (χ2n) is 10.7. The second kappa shape index (κ2) is 11.7. The fraction of sp³-hybridized carbons (Fsp3) is 0.370. The topological polar surface area (TPSA) is 126 Å². The number of nitrogens with one attached hydrogen (secondary N) is 1. The van der Waals surface area contributed by atoms with Crippen molar-refractivity contribution in [3.63, 3.8) is 0 Å². The molecule has 0 radical (unpaired) electrons. The molecule has 0 bridgehead atoms. The van der Waals surface area contributed by atoms with Gasteiger partial charge in [-0.15, -0.1) is 0 Å². The third-order valence-electron chi connectivity index (χ3n) is 6.01. The minimum absolute atomic E-state index is 0.0813. The number of carbonyl (C=O) groups excluding carboxylic acids is 2. The monoisotopic (exact) mass is 538 g/mol. The molecule has 3 rings (SSSR count). The number of imidazole rings is 1. The van der Waals surface area contributed by atoms with Gasteiger partial charge in [-0.3, -0.25) is 14.9 Å².